The van der Waals surface area contributed by atoms with Crippen molar-refractivity contribution in [1.29, 1.82) is 0 Å². The van der Waals surface area contributed by atoms with Crippen molar-refractivity contribution < 1.29 is 8.91 Å². The zero-order chi connectivity index (χ0) is 10.8. The molecule has 0 bridgehead atoms. The first-order chi connectivity index (χ1) is 6.45. The van der Waals surface area contributed by atoms with Crippen molar-refractivity contribution >= 4 is 5.91 Å². The molecule has 4 heteroatoms. The fraction of sp³-hybridized carbons (Fsp3) is 0.143. The number of hydrogen-bond donors (Lipinski definition) is 2. The average molecular weight is 154 g/mol. The largest absolute Gasteiger partial charge is 0.290 e. The van der Waals surface area contributed by atoms with E-state index >= 15 is 0 Å². The van der Waals surface area contributed by atoms with Gasteiger partial charge < -0.3 is 0 Å². The summed E-state index contributed by atoms with van der Waals surface area (Å²) in [6, 6.07) is 2.63. The molecule has 0 aliphatic heterocycles. The molecule has 11 heavy (non-hydrogen) atoms. The second-order valence-electron chi connectivity index (χ2n) is 1.91. The lowest BCUT2D eigenvalue weighted by atomic mass is 10.2. The summed E-state index contributed by atoms with van der Waals surface area (Å²) in [5.41, 5.74) is 2.09. The number of hydrazine groups is 1. The summed E-state index contributed by atoms with van der Waals surface area (Å²) in [5, 5.41) is 0. The van der Waals surface area contributed by atoms with E-state index in [-0.39, 0.29) is 11.3 Å². The summed E-state index contributed by atoms with van der Waals surface area (Å²) in [7, 11) is 0. The zero-order valence-corrected chi connectivity index (χ0v) is 5.66. The predicted molar refractivity (Wildman–Crippen MR) is 40.6 cm³/mol. The maximum atomic E-state index is 11.0. The smallest absolute Gasteiger partial charge is 0.266 e. The van der Waals surface area contributed by atoms with Crippen LogP contribution in [0.2, 0.25) is 0 Å². The first kappa shape index (κ1) is 4.46. The molecule has 1 aromatic heterocycles. The van der Waals surface area contributed by atoms with Crippen molar-refractivity contribution in [2.75, 3.05) is 0 Å². The topological polar surface area (TPSA) is 68.0 Å². The van der Waals surface area contributed by atoms with E-state index in [0.717, 1.165) is 0 Å². The summed E-state index contributed by atoms with van der Waals surface area (Å²) in [4.78, 5) is 14.6. The molecule has 0 aromatic carbocycles. The van der Waals surface area contributed by atoms with Crippen molar-refractivity contribution in [2.24, 2.45) is 5.84 Å². The van der Waals surface area contributed by atoms with Crippen molar-refractivity contribution in [3.8, 4) is 0 Å². The maximum absolute atomic E-state index is 11.0. The van der Waals surface area contributed by atoms with Gasteiger partial charge in [0.2, 0.25) is 0 Å². The fourth-order valence-electron chi connectivity index (χ4n) is 0.612. The minimum absolute atomic E-state index is 0.0499. The lowest BCUT2D eigenvalue weighted by Gasteiger charge is -1.97. The maximum Gasteiger partial charge on any atom is 0.266 e. The number of amides is 1. The van der Waals surface area contributed by atoms with E-state index in [1.165, 1.54) is 18.3 Å². The van der Waals surface area contributed by atoms with E-state index in [9.17, 15) is 4.79 Å². The standard InChI is InChI=1S/C7H9N3O/c1-5-2-3-6(4-9-5)7(11)10-8/h2-4H,8H2,1H3,(H,10,11)/i1D3. The Hall–Kier alpha value is -1.42. The monoisotopic (exact) mass is 154 g/mol. The van der Waals surface area contributed by atoms with Gasteiger partial charge in [-0.3, -0.25) is 15.2 Å². The van der Waals surface area contributed by atoms with Gasteiger partial charge in [-0.1, -0.05) is 0 Å². The number of carbonyl (C=O) groups is 1. The molecule has 0 radical (unpaired) electrons. The Morgan fingerprint density at radius 1 is 1.82 bits per heavy atom. The van der Waals surface area contributed by atoms with E-state index in [1.54, 1.807) is 0 Å². The molecule has 0 aliphatic rings. The van der Waals surface area contributed by atoms with E-state index in [4.69, 9.17) is 9.95 Å². The van der Waals surface area contributed by atoms with E-state index in [2.05, 4.69) is 4.98 Å². The highest BCUT2D eigenvalue weighted by Gasteiger charge is 2.01. The molecule has 0 saturated carbocycles. The summed E-state index contributed by atoms with van der Waals surface area (Å²) in [5.74, 6) is 4.38. The van der Waals surface area contributed by atoms with Gasteiger partial charge in [0.15, 0.2) is 0 Å². The SMILES string of the molecule is [2H]C([2H])([2H])c1ccc(C(=O)NN)cn1. The van der Waals surface area contributed by atoms with Crippen molar-refractivity contribution in [2.45, 2.75) is 6.85 Å². The van der Waals surface area contributed by atoms with Gasteiger partial charge in [-0.15, -0.1) is 0 Å². The molecule has 1 aromatic rings. The number of nitrogens with one attached hydrogen (secondary N) is 1. The van der Waals surface area contributed by atoms with Crippen LogP contribution in [0, 0.1) is 6.85 Å². The quantitative estimate of drug-likeness (QED) is 0.339. The highest BCUT2D eigenvalue weighted by Crippen LogP contribution is 1.97. The Morgan fingerprint density at radius 2 is 2.64 bits per heavy atom. The Kier molecular flexibility index (Phi) is 1.26. The predicted octanol–water partition coefficient (Wildman–Crippen LogP) is -0.00648. The Labute approximate surface area is 68.6 Å². The number of pyridine rings is 1. The molecule has 1 heterocycles. The third-order valence-electron chi connectivity index (χ3n) is 1.16. The van der Waals surface area contributed by atoms with E-state index in [1.807, 2.05) is 5.43 Å². The van der Waals surface area contributed by atoms with Crippen LogP contribution in [0.3, 0.4) is 0 Å². The normalized spacial score (nSPS) is 14.5. The Morgan fingerprint density at radius 3 is 3.09 bits per heavy atom. The third kappa shape index (κ3) is 1.75. The number of hydrogen-bond acceptors (Lipinski definition) is 3. The van der Waals surface area contributed by atoms with Crippen molar-refractivity contribution in [1.82, 2.24) is 10.4 Å². The van der Waals surface area contributed by atoms with Crippen LogP contribution in [0.5, 0.6) is 0 Å². The number of nitrogens with zero attached hydrogens (tertiary/aromatic N) is 1. The molecule has 0 unspecified atom stereocenters. The average Bonchev–Trinajstić information content (AvgIpc) is 2.15. The third-order valence-corrected chi connectivity index (χ3v) is 1.16. The van der Waals surface area contributed by atoms with Crippen molar-refractivity contribution in [3.63, 3.8) is 0 Å². The molecular formula is C7H9N3O. The van der Waals surface area contributed by atoms with Gasteiger partial charge in [-0.2, -0.15) is 0 Å². The van der Waals surface area contributed by atoms with Crippen LogP contribution in [0.25, 0.3) is 0 Å². The molecule has 3 N–H and O–H groups in total. The summed E-state index contributed by atoms with van der Waals surface area (Å²) < 4.78 is 21.1. The number of rotatable bonds is 1. The summed E-state index contributed by atoms with van der Waals surface area (Å²) in [6.07, 6.45) is 1.17. The van der Waals surface area contributed by atoms with Crippen LogP contribution in [-0.4, -0.2) is 10.9 Å². The highest BCUT2D eigenvalue weighted by molar-refractivity contribution is 5.93. The van der Waals surface area contributed by atoms with Crippen LogP contribution >= 0.6 is 0 Å². The summed E-state index contributed by atoms with van der Waals surface area (Å²) >= 11 is 0. The second kappa shape index (κ2) is 3.12. The molecule has 0 spiro atoms. The van der Waals surface area contributed by atoms with Crippen LogP contribution < -0.4 is 11.3 Å². The van der Waals surface area contributed by atoms with Crippen molar-refractivity contribution in [3.05, 3.63) is 29.6 Å². The minimum atomic E-state index is -2.25. The van der Waals surface area contributed by atoms with Gasteiger partial charge in [-0.05, 0) is 19.0 Å². The zero-order valence-electron chi connectivity index (χ0n) is 8.66. The molecule has 1 rings (SSSR count). The lowest BCUT2D eigenvalue weighted by Crippen LogP contribution is -2.30. The number of nitrogens with two attached hydrogens (primary N) is 1. The minimum Gasteiger partial charge on any atom is -0.290 e. The number of nitrogen functional groups attached to an aromatic ring is 1. The Bertz CT molecular complexity index is 333. The molecule has 0 atom stereocenters. The van der Waals surface area contributed by atoms with E-state index in [0.29, 0.717) is 0 Å². The van der Waals surface area contributed by atoms with Crippen LogP contribution in [-0.2, 0) is 0 Å². The van der Waals surface area contributed by atoms with Gasteiger partial charge in [-0.25, -0.2) is 5.84 Å². The molecule has 4 nitrogen and oxygen atoms in total. The first-order valence-corrected chi connectivity index (χ1v) is 2.92. The molecule has 1 amide bonds. The van der Waals surface area contributed by atoms with Crippen LogP contribution in [0.1, 0.15) is 20.2 Å². The van der Waals surface area contributed by atoms with Gasteiger partial charge in [0.25, 0.3) is 5.91 Å². The second-order valence-corrected chi connectivity index (χ2v) is 1.91. The highest BCUT2D eigenvalue weighted by atomic mass is 16.2. The van der Waals surface area contributed by atoms with Crippen LogP contribution in [0.15, 0.2) is 18.3 Å². The lowest BCUT2D eigenvalue weighted by molar-refractivity contribution is 0.0953. The molecule has 0 saturated heterocycles. The van der Waals surface area contributed by atoms with Gasteiger partial charge >= 0.3 is 0 Å². The molecule has 0 aliphatic carbocycles. The number of carbonyl (C=O) groups excluding carboxylic acids is 1. The molecular weight excluding hydrogens is 142 g/mol. The number of aryl methyl sites for hydroxylation is 1. The molecule has 0 fully saturated rings. The van der Waals surface area contributed by atoms with Crippen LogP contribution in [0.4, 0.5) is 0 Å². The Balaban J connectivity index is 2.95. The van der Waals surface area contributed by atoms with Gasteiger partial charge in [0, 0.05) is 16.0 Å². The number of aromatic nitrogens is 1. The first-order valence-electron chi connectivity index (χ1n) is 4.42. The van der Waals surface area contributed by atoms with Gasteiger partial charge in [0.1, 0.15) is 0 Å². The fourth-order valence-corrected chi connectivity index (χ4v) is 0.612. The summed E-state index contributed by atoms with van der Waals surface area (Å²) in [6.45, 7) is -2.25. The van der Waals surface area contributed by atoms with Gasteiger partial charge in [0.05, 0.1) is 5.56 Å². The molecule has 58 valence electrons. The van der Waals surface area contributed by atoms with E-state index < -0.39 is 12.8 Å².